The number of hydrogen-bond acceptors (Lipinski definition) is 2. The second-order valence-corrected chi connectivity index (χ2v) is 6.31. The maximum absolute atomic E-state index is 11.6. The van der Waals surface area contributed by atoms with Crippen LogP contribution in [0.3, 0.4) is 0 Å². The number of carbonyl (C=O) groups excluding carboxylic acids is 1. The van der Waals surface area contributed by atoms with Crippen molar-refractivity contribution in [2.24, 2.45) is 0 Å². The number of aromatic amines is 1. The number of likely N-dealkylation sites (N-methyl/N-ethyl adjacent to an activating group) is 1. The SMILES string of the molecule is CNC(=O)Cc1ccc2nc(-c3ccc4cc[nH]c4c3)cc(C)c2c1. The molecule has 25 heavy (non-hydrogen) atoms. The molecule has 0 aliphatic carbocycles. The average Bonchev–Trinajstić information content (AvgIpc) is 3.09. The molecule has 4 nitrogen and oxygen atoms in total. The lowest BCUT2D eigenvalue weighted by Gasteiger charge is -2.09. The molecule has 2 N–H and O–H groups in total. The number of rotatable bonds is 3. The van der Waals surface area contributed by atoms with Crippen molar-refractivity contribution in [3.05, 3.63) is 65.9 Å². The molecule has 0 fully saturated rings. The van der Waals surface area contributed by atoms with Gasteiger partial charge >= 0.3 is 0 Å². The van der Waals surface area contributed by atoms with Crippen LogP contribution in [0.4, 0.5) is 0 Å². The number of amides is 1. The zero-order chi connectivity index (χ0) is 17.4. The highest BCUT2D eigenvalue weighted by Gasteiger charge is 2.08. The van der Waals surface area contributed by atoms with Gasteiger partial charge < -0.3 is 10.3 Å². The molecule has 0 saturated heterocycles. The van der Waals surface area contributed by atoms with E-state index in [0.717, 1.165) is 38.8 Å². The summed E-state index contributed by atoms with van der Waals surface area (Å²) in [7, 11) is 1.66. The Bertz CT molecular complexity index is 1090. The molecule has 0 saturated carbocycles. The van der Waals surface area contributed by atoms with Gasteiger partial charge in [-0.3, -0.25) is 4.79 Å². The Kier molecular flexibility index (Phi) is 3.73. The largest absolute Gasteiger partial charge is 0.361 e. The zero-order valence-electron chi connectivity index (χ0n) is 14.3. The van der Waals surface area contributed by atoms with E-state index in [9.17, 15) is 4.79 Å². The summed E-state index contributed by atoms with van der Waals surface area (Å²) in [6, 6.07) is 16.5. The number of fused-ring (bicyclic) bond motifs is 2. The summed E-state index contributed by atoms with van der Waals surface area (Å²) < 4.78 is 0. The molecule has 0 radical (unpaired) electrons. The van der Waals surface area contributed by atoms with Crippen molar-refractivity contribution in [3.8, 4) is 11.3 Å². The third kappa shape index (κ3) is 2.87. The van der Waals surface area contributed by atoms with E-state index >= 15 is 0 Å². The molecule has 0 aliphatic heterocycles. The molecule has 4 rings (SSSR count). The van der Waals surface area contributed by atoms with Crippen LogP contribution in [0, 0.1) is 6.92 Å². The number of hydrogen-bond donors (Lipinski definition) is 2. The Balaban J connectivity index is 1.78. The molecule has 2 heterocycles. The monoisotopic (exact) mass is 329 g/mol. The van der Waals surface area contributed by atoms with Gasteiger partial charge in [-0.2, -0.15) is 0 Å². The van der Waals surface area contributed by atoms with Crippen LogP contribution in [0.25, 0.3) is 33.1 Å². The summed E-state index contributed by atoms with van der Waals surface area (Å²) in [5.74, 6) is 0.0147. The van der Waals surface area contributed by atoms with Crippen molar-refractivity contribution in [3.63, 3.8) is 0 Å². The van der Waals surface area contributed by atoms with E-state index in [1.54, 1.807) is 7.05 Å². The summed E-state index contributed by atoms with van der Waals surface area (Å²) >= 11 is 0. The van der Waals surface area contributed by atoms with Crippen LogP contribution in [-0.2, 0) is 11.2 Å². The number of nitrogens with one attached hydrogen (secondary N) is 2. The van der Waals surface area contributed by atoms with Crippen LogP contribution in [0.5, 0.6) is 0 Å². The molecular formula is C21H19N3O. The van der Waals surface area contributed by atoms with E-state index in [1.165, 1.54) is 5.39 Å². The van der Waals surface area contributed by atoms with Gasteiger partial charge in [-0.25, -0.2) is 4.98 Å². The minimum Gasteiger partial charge on any atom is -0.361 e. The van der Waals surface area contributed by atoms with Gasteiger partial charge in [-0.05, 0) is 53.8 Å². The topological polar surface area (TPSA) is 57.8 Å². The number of nitrogens with zero attached hydrogens (tertiary/aromatic N) is 1. The Morgan fingerprint density at radius 1 is 1.12 bits per heavy atom. The van der Waals surface area contributed by atoms with Gasteiger partial charge in [0.15, 0.2) is 0 Å². The molecule has 0 bridgehead atoms. The summed E-state index contributed by atoms with van der Waals surface area (Å²) in [4.78, 5) is 19.7. The lowest BCUT2D eigenvalue weighted by atomic mass is 10.0. The number of aryl methyl sites for hydroxylation is 1. The number of carbonyl (C=O) groups is 1. The Labute approximate surface area is 145 Å². The third-order valence-corrected chi connectivity index (χ3v) is 4.57. The minimum atomic E-state index is 0.0147. The Hall–Kier alpha value is -3.14. The van der Waals surface area contributed by atoms with E-state index in [4.69, 9.17) is 4.98 Å². The van der Waals surface area contributed by atoms with Crippen molar-refractivity contribution >= 4 is 27.7 Å². The van der Waals surface area contributed by atoms with E-state index < -0.39 is 0 Å². The highest BCUT2D eigenvalue weighted by atomic mass is 16.1. The van der Waals surface area contributed by atoms with Crippen molar-refractivity contribution in [1.29, 1.82) is 0 Å². The first kappa shape index (κ1) is 15.4. The summed E-state index contributed by atoms with van der Waals surface area (Å²) in [5, 5.41) is 4.95. The molecule has 4 heteroatoms. The first-order valence-electron chi connectivity index (χ1n) is 8.32. The van der Waals surface area contributed by atoms with E-state index in [0.29, 0.717) is 6.42 Å². The standard InChI is InChI=1S/C21H19N3O/c1-13-9-20(16-5-4-15-7-8-23-19(15)12-16)24-18-6-3-14(10-17(13)18)11-21(25)22-2/h3-10,12,23H,11H2,1-2H3,(H,22,25). The quantitative estimate of drug-likeness (QED) is 0.597. The first-order chi connectivity index (χ1) is 12.1. The summed E-state index contributed by atoms with van der Waals surface area (Å²) in [5.41, 5.74) is 6.26. The fraction of sp³-hybridized carbons (Fsp3) is 0.143. The maximum atomic E-state index is 11.6. The number of benzene rings is 2. The molecule has 124 valence electrons. The lowest BCUT2D eigenvalue weighted by Crippen LogP contribution is -2.19. The lowest BCUT2D eigenvalue weighted by molar-refractivity contribution is -0.119. The molecule has 2 aromatic carbocycles. The fourth-order valence-electron chi connectivity index (χ4n) is 3.18. The van der Waals surface area contributed by atoms with Gasteiger partial charge in [0.05, 0.1) is 17.6 Å². The van der Waals surface area contributed by atoms with Gasteiger partial charge in [-0.15, -0.1) is 0 Å². The molecule has 0 spiro atoms. The fourth-order valence-corrected chi connectivity index (χ4v) is 3.18. The van der Waals surface area contributed by atoms with Crippen LogP contribution in [0.15, 0.2) is 54.7 Å². The predicted octanol–water partition coefficient (Wildman–Crippen LogP) is 3.98. The van der Waals surface area contributed by atoms with Crippen LogP contribution in [0.2, 0.25) is 0 Å². The highest BCUT2D eigenvalue weighted by Crippen LogP contribution is 2.27. The summed E-state index contributed by atoms with van der Waals surface area (Å²) in [6.07, 6.45) is 2.33. The van der Waals surface area contributed by atoms with Crippen LogP contribution in [-0.4, -0.2) is 22.9 Å². The normalized spacial score (nSPS) is 11.1. The molecule has 4 aromatic rings. The maximum Gasteiger partial charge on any atom is 0.224 e. The number of pyridine rings is 1. The van der Waals surface area contributed by atoms with E-state index in [2.05, 4.69) is 53.6 Å². The number of aromatic nitrogens is 2. The minimum absolute atomic E-state index is 0.0147. The second kappa shape index (κ2) is 6.06. The van der Waals surface area contributed by atoms with Crippen molar-refractivity contribution < 1.29 is 4.79 Å². The molecule has 0 unspecified atom stereocenters. The van der Waals surface area contributed by atoms with E-state index in [-0.39, 0.29) is 5.91 Å². The smallest absolute Gasteiger partial charge is 0.224 e. The van der Waals surface area contributed by atoms with Crippen molar-refractivity contribution in [2.45, 2.75) is 13.3 Å². The van der Waals surface area contributed by atoms with Gasteiger partial charge in [0.25, 0.3) is 0 Å². The zero-order valence-corrected chi connectivity index (χ0v) is 14.3. The molecule has 0 aliphatic rings. The van der Waals surface area contributed by atoms with Crippen LogP contribution >= 0.6 is 0 Å². The molecular weight excluding hydrogens is 310 g/mol. The second-order valence-electron chi connectivity index (χ2n) is 6.31. The van der Waals surface area contributed by atoms with Gasteiger partial charge in [0, 0.05) is 29.7 Å². The molecule has 2 aromatic heterocycles. The van der Waals surface area contributed by atoms with E-state index in [1.807, 2.05) is 18.3 Å². The van der Waals surface area contributed by atoms with Gasteiger partial charge in [0.1, 0.15) is 0 Å². The van der Waals surface area contributed by atoms with Crippen LogP contribution < -0.4 is 5.32 Å². The summed E-state index contributed by atoms with van der Waals surface area (Å²) in [6.45, 7) is 2.09. The van der Waals surface area contributed by atoms with Crippen LogP contribution in [0.1, 0.15) is 11.1 Å². The highest BCUT2D eigenvalue weighted by molar-refractivity contribution is 5.89. The van der Waals surface area contributed by atoms with Gasteiger partial charge in [-0.1, -0.05) is 18.2 Å². The van der Waals surface area contributed by atoms with Crippen molar-refractivity contribution in [2.75, 3.05) is 7.05 Å². The Morgan fingerprint density at radius 2 is 2.00 bits per heavy atom. The van der Waals surface area contributed by atoms with Gasteiger partial charge in [0.2, 0.25) is 5.91 Å². The predicted molar refractivity (Wildman–Crippen MR) is 102 cm³/mol. The first-order valence-corrected chi connectivity index (χ1v) is 8.32. The van der Waals surface area contributed by atoms with Crippen molar-refractivity contribution in [1.82, 2.24) is 15.3 Å². The number of H-pyrrole nitrogens is 1. The molecule has 0 atom stereocenters. The molecule has 1 amide bonds. The average molecular weight is 329 g/mol. The third-order valence-electron chi connectivity index (χ3n) is 4.57. The Morgan fingerprint density at radius 3 is 2.84 bits per heavy atom.